The molecule has 37 heavy (non-hydrogen) atoms. The van der Waals surface area contributed by atoms with Crippen LogP contribution < -0.4 is 10.2 Å². The highest BCUT2D eigenvalue weighted by molar-refractivity contribution is 7.19. The second-order valence-corrected chi connectivity index (χ2v) is 11.1. The third-order valence-corrected chi connectivity index (χ3v) is 8.62. The molecule has 10 heteroatoms. The van der Waals surface area contributed by atoms with E-state index in [9.17, 15) is 9.59 Å². The van der Waals surface area contributed by atoms with Crippen LogP contribution in [0.4, 0.5) is 5.69 Å². The topological polar surface area (TPSA) is 103 Å². The van der Waals surface area contributed by atoms with Gasteiger partial charge in [0.1, 0.15) is 0 Å². The van der Waals surface area contributed by atoms with E-state index in [2.05, 4.69) is 33.4 Å². The van der Waals surface area contributed by atoms with Crippen molar-refractivity contribution in [2.45, 2.75) is 51.1 Å². The molecule has 2 aromatic heterocycles. The summed E-state index contributed by atoms with van der Waals surface area (Å²) in [5.41, 5.74) is 5.82. The average molecular weight is 541 g/mol. The Morgan fingerprint density at radius 1 is 1.11 bits per heavy atom. The standard InChI is InChI=1S/C26H27ClN4O2S.CH2O2/c27-17-12-16-2-1-11-30(18-5-8-28-9-6-18)25(16)21(13-17)20-7-10-29-22-14-19(34-26(20)22)15-31-23(32)3-4-24(31)33;2-1-3/h7,10,12-14,18,28H,1-6,8-9,11,15H2;1H,(H,2,3). The number of imide groups is 1. The van der Waals surface area contributed by atoms with Gasteiger partial charge in [-0.05, 0) is 68.6 Å². The molecule has 194 valence electrons. The largest absolute Gasteiger partial charge is 0.483 e. The fraction of sp³-hybridized carbons (Fsp3) is 0.407. The van der Waals surface area contributed by atoms with Crippen molar-refractivity contribution in [3.05, 3.63) is 45.9 Å². The molecule has 0 saturated carbocycles. The molecule has 0 spiro atoms. The Morgan fingerprint density at radius 2 is 1.84 bits per heavy atom. The summed E-state index contributed by atoms with van der Waals surface area (Å²) in [6, 6.07) is 8.86. The summed E-state index contributed by atoms with van der Waals surface area (Å²) >= 11 is 8.27. The number of carboxylic acid groups (broad SMARTS) is 1. The fourth-order valence-corrected chi connectivity index (χ4v) is 7.03. The number of carbonyl (C=O) groups is 3. The number of nitrogens with zero attached hydrogens (tertiary/aromatic N) is 3. The molecule has 0 unspecified atom stereocenters. The Bertz CT molecular complexity index is 1320. The Kier molecular flexibility index (Phi) is 7.73. The van der Waals surface area contributed by atoms with Crippen LogP contribution in [0.1, 0.15) is 42.5 Å². The SMILES string of the molecule is O=C1CCC(=O)N1Cc1cc2nccc(-c3cc(Cl)cc4c3N(C3CCNCC3)CCC4)c2s1.O=CO. The number of hydrogen-bond donors (Lipinski definition) is 2. The number of halogens is 1. The van der Waals surface area contributed by atoms with Crippen molar-refractivity contribution in [1.82, 2.24) is 15.2 Å². The number of amides is 2. The maximum Gasteiger partial charge on any atom is 0.290 e. The molecule has 0 bridgehead atoms. The first-order valence-electron chi connectivity index (χ1n) is 12.6. The van der Waals surface area contributed by atoms with E-state index in [-0.39, 0.29) is 18.3 Å². The number of aryl methyl sites for hydroxylation is 1. The van der Waals surface area contributed by atoms with Crippen molar-refractivity contribution in [1.29, 1.82) is 0 Å². The van der Waals surface area contributed by atoms with Crippen LogP contribution in [0, 0.1) is 0 Å². The average Bonchev–Trinajstić information content (AvgIpc) is 3.46. The highest BCUT2D eigenvalue weighted by Gasteiger charge is 2.31. The number of benzene rings is 1. The number of aromatic nitrogens is 1. The van der Waals surface area contributed by atoms with Crippen LogP contribution in [0.25, 0.3) is 21.3 Å². The van der Waals surface area contributed by atoms with Crippen molar-refractivity contribution in [2.24, 2.45) is 0 Å². The molecule has 3 aliphatic heterocycles. The molecule has 0 atom stereocenters. The van der Waals surface area contributed by atoms with Crippen LogP contribution in [0.15, 0.2) is 30.5 Å². The third kappa shape index (κ3) is 5.21. The van der Waals surface area contributed by atoms with Gasteiger partial charge < -0.3 is 15.3 Å². The summed E-state index contributed by atoms with van der Waals surface area (Å²) in [5.74, 6) is -0.172. The van der Waals surface area contributed by atoms with E-state index in [1.165, 1.54) is 16.2 Å². The minimum Gasteiger partial charge on any atom is -0.483 e. The molecule has 2 fully saturated rings. The summed E-state index contributed by atoms with van der Waals surface area (Å²) in [4.78, 5) is 42.2. The number of likely N-dealkylation sites (tertiary alicyclic amines) is 1. The number of nitrogens with one attached hydrogen (secondary N) is 1. The number of thiophene rings is 1. The lowest BCUT2D eigenvalue weighted by molar-refractivity contribution is -0.139. The molecule has 1 aromatic carbocycles. The van der Waals surface area contributed by atoms with Gasteiger partial charge in [0.2, 0.25) is 11.8 Å². The lowest BCUT2D eigenvalue weighted by atomic mass is 9.91. The quantitative estimate of drug-likeness (QED) is 0.372. The lowest BCUT2D eigenvalue weighted by Gasteiger charge is -2.41. The molecule has 0 radical (unpaired) electrons. The van der Waals surface area contributed by atoms with E-state index >= 15 is 0 Å². The molecule has 2 N–H and O–H groups in total. The molecule has 0 aliphatic carbocycles. The monoisotopic (exact) mass is 540 g/mol. The predicted molar refractivity (Wildman–Crippen MR) is 145 cm³/mol. The van der Waals surface area contributed by atoms with E-state index in [1.807, 2.05) is 12.3 Å². The zero-order chi connectivity index (χ0) is 25.9. The predicted octanol–water partition coefficient (Wildman–Crippen LogP) is 4.47. The number of anilines is 1. The molecule has 5 heterocycles. The van der Waals surface area contributed by atoms with Crippen LogP contribution in [-0.4, -0.2) is 59.0 Å². The van der Waals surface area contributed by atoms with Gasteiger partial charge in [0.15, 0.2) is 0 Å². The molecule has 6 rings (SSSR count). The highest BCUT2D eigenvalue weighted by Crippen LogP contribution is 2.45. The maximum atomic E-state index is 12.1. The van der Waals surface area contributed by atoms with Gasteiger partial charge in [-0.15, -0.1) is 11.3 Å². The Labute approximate surface area is 224 Å². The van der Waals surface area contributed by atoms with Gasteiger partial charge >= 0.3 is 0 Å². The van der Waals surface area contributed by atoms with Crippen LogP contribution in [0.3, 0.4) is 0 Å². The van der Waals surface area contributed by atoms with Gasteiger partial charge in [0.25, 0.3) is 6.47 Å². The Hall–Kier alpha value is -3.01. The first-order valence-corrected chi connectivity index (χ1v) is 13.8. The van der Waals surface area contributed by atoms with Gasteiger partial charge in [0, 0.05) is 58.3 Å². The van der Waals surface area contributed by atoms with Gasteiger partial charge in [0.05, 0.1) is 16.8 Å². The zero-order valence-corrected chi connectivity index (χ0v) is 22.0. The second-order valence-electron chi connectivity index (χ2n) is 9.50. The van der Waals surface area contributed by atoms with Gasteiger partial charge in [-0.25, -0.2) is 0 Å². The van der Waals surface area contributed by atoms with E-state index < -0.39 is 0 Å². The molecular formula is C27H29ClN4O4S. The van der Waals surface area contributed by atoms with Gasteiger partial charge in [-0.2, -0.15) is 0 Å². The summed E-state index contributed by atoms with van der Waals surface area (Å²) in [6.07, 6.45) is 6.95. The summed E-state index contributed by atoms with van der Waals surface area (Å²) in [6.45, 7) is 3.25. The Morgan fingerprint density at radius 3 is 2.57 bits per heavy atom. The molecule has 2 amide bonds. The van der Waals surface area contributed by atoms with E-state index in [0.29, 0.717) is 25.4 Å². The minimum atomic E-state index is -0.250. The van der Waals surface area contributed by atoms with Crippen molar-refractivity contribution >= 4 is 57.1 Å². The van der Waals surface area contributed by atoms with Crippen molar-refractivity contribution in [3.8, 4) is 11.1 Å². The first kappa shape index (κ1) is 25.6. The number of hydrogen-bond acceptors (Lipinski definition) is 7. The smallest absolute Gasteiger partial charge is 0.290 e. The Balaban J connectivity index is 0.000000892. The minimum absolute atomic E-state index is 0.0860. The number of pyridine rings is 1. The van der Waals surface area contributed by atoms with E-state index in [0.717, 1.165) is 76.6 Å². The molecule has 2 saturated heterocycles. The summed E-state index contributed by atoms with van der Waals surface area (Å²) in [5, 5.41) is 11.1. The van der Waals surface area contributed by atoms with Crippen molar-refractivity contribution in [3.63, 3.8) is 0 Å². The van der Waals surface area contributed by atoms with Crippen LogP contribution in [0.5, 0.6) is 0 Å². The molecule has 8 nitrogen and oxygen atoms in total. The van der Waals surface area contributed by atoms with Crippen LogP contribution >= 0.6 is 22.9 Å². The first-order chi connectivity index (χ1) is 18.0. The second kappa shape index (κ2) is 11.2. The summed E-state index contributed by atoms with van der Waals surface area (Å²) < 4.78 is 1.08. The third-order valence-electron chi connectivity index (χ3n) is 7.26. The summed E-state index contributed by atoms with van der Waals surface area (Å²) in [7, 11) is 0. The number of rotatable bonds is 4. The van der Waals surface area contributed by atoms with E-state index in [4.69, 9.17) is 21.5 Å². The molecule has 3 aliphatic rings. The number of piperidine rings is 1. The highest BCUT2D eigenvalue weighted by atomic mass is 35.5. The normalized spacial score (nSPS) is 18.1. The lowest BCUT2D eigenvalue weighted by Crippen LogP contribution is -2.45. The molecule has 3 aromatic rings. The number of fused-ring (bicyclic) bond motifs is 2. The number of carbonyl (C=O) groups excluding carboxylic acids is 2. The van der Waals surface area contributed by atoms with Crippen LogP contribution in [-0.2, 0) is 27.3 Å². The van der Waals surface area contributed by atoms with Crippen LogP contribution in [0.2, 0.25) is 5.02 Å². The van der Waals surface area contributed by atoms with Crippen molar-refractivity contribution in [2.75, 3.05) is 24.5 Å². The fourth-order valence-electron chi connectivity index (χ4n) is 5.66. The maximum absolute atomic E-state index is 12.1. The molecular weight excluding hydrogens is 512 g/mol. The van der Waals surface area contributed by atoms with Gasteiger partial charge in [-0.3, -0.25) is 24.3 Å². The van der Waals surface area contributed by atoms with E-state index in [1.54, 1.807) is 11.3 Å². The zero-order valence-electron chi connectivity index (χ0n) is 20.4. The van der Waals surface area contributed by atoms with Crippen molar-refractivity contribution < 1.29 is 19.5 Å². The van der Waals surface area contributed by atoms with Gasteiger partial charge in [-0.1, -0.05) is 11.6 Å².